The monoisotopic (exact) mass is 408 g/mol. The fourth-order valence-corrected chi connectivity index (χ4v) is 2.74. The van der Waals surface area contributed by atoms with Gasteiger partial charge in [0.05, 0.1) is 11.1 Å². The number of aromatic nitrogens is 2. The Morgan fingerprint density at radius 2 is 1.63 bits per heavy atom. The highest BCUT2D eigenvalue weighted by Gasteiger charge is 2.20. The maximum Gasteiger partial charge on any atom is 0.359 e. The minimum Gasteiger partial charge on any atom is -0.451 e. The summed E-state index contributed by atoms with van der Waals surface area (Å²) < 4.78 is 6.13. The third-order valence-corrected chi connectivity index (χ3v) is 4.01. The quantitative estimate of drug-likeness (QED) is 0.621. The summed E-state index contributed by atoms with van der Waals surface area (Å²) in [7, 11) is 0. The van der Waals surface area contributed by atoms with Crippen molar-refractivity contribution in [3.63, 3.8) is 0 Å². The van der Waals surface area contributed by atoms with E-state index in [4.69, 9.17) is 4.74 Å². The predicted molar refractivity (Wildman–Crippen MR) is 109 cm³/mol. The Hall–Kier alpha value is -4.01. The van der Waals surface area contributed by atoms with E-state index in [2.05, 4.69) is 15.7 Å². The van der Waals surface area contributed by atoms with E-state index in [0.717, 1.165) is 4.68 Å². The first-order chi connectivity index (χ1) is 14.4. The molecular formula is C21H20N4O5. The van der Waals surface area contributed by atoms with Gasteiger partial charge >= 0.3 is 12.0 Å². The topological polar surface area (TPSA) is 119 Å². The smallest absolute Gasteiger partial charge is 0.359 e. The Bertz CT molecular complexity index is 1160. The Labute approximate surface area is 171 Å². The van der Waals surface area contributed by atoms with Crippen molar-refractivity contribution >= 4 is 28.7 Å². The van der Waals surface area contributed by atoms with E-state index in [-0.39, 0.29) is 17.1 Å². The lowest BCUT2D eigenvalue weighted by Gasteiger charge is -2.11. The zero-order chi connectivity index (χ0) is 21.7. The molecule has 0 atom stereocenters. The number of urea groups is 1. The standard InChI is InChI=1S/C21H20N4O5/c1-13(2)22-21(29)23-17(26)12-30-20(28)18-15-10-6-7-11-16(15)19(27)25(24-18)14-8-4-3-5-9-14/h3-11,13H,12H2,1-2H3,(H2,22,23,26,29). The number of esters is 1. The summed E-state index contributed by atoms with van der Waals surface area (Å²) in [6, 6.07) is 14.3. The van der Waals surface area contributed by atoms with Crippen molar-refractivity contribution in [2.45, 2.75) is 19.9 Å². The zero-order valence-electron chi connectivity index (χ0n) is 16.4. The second-order valence-corrected chi connectivity index (χ2v) is 6.70. The molecule has 0 aliphatic carbocycles. The first-order valence-electron chi connectivity index (χ1n) is 9.22. The second-order valence-electron chi connectivity index (χ2n) is 6.70. The molecule has 0 saturated carbocycles. The first-order valence-corrected chi connectivity index (χ1v) is 9.22. The molecule has 9 heteroatoms. The van der Waals surface area contributed by atoms with Crippen molar-refractivity contribution in [3.05, 3.63) is 70.6 Å². The molecule has 30 heavy (non-hydrogen) atoms. The molecule has 0 aliphatic heterocycles. The maximum absolute atomic E-state index is 12.8. The number of benzene rings is 2. The van der Waals surface area contributed by atoms with Gasteiger partial charge in [0, 0.05) is 11.4 Å². The molecule has 2 N–H and O–H groups in total. The Balaban J connectivity index is 1.87. The number of para-hydroxylation sites is 1. The molecule has 1 heterocycles. The molecule has 9 nitrogen and oxygen atoms in total. The van der Waals surface area contributed by atoms with E-state index in [1.165, 1.54) is 0 Å². The van der Waals surface area contributed by atoms with Gasteiger partial charge in [0.2, 0.25) is 0 Å². The van der Waals surface area contributed by atoms with Crippen LogP contribution in [0.1, 0.15) is 24.3 Å². The molecule has 0 fully saturated rings. The molecule has 0 saturated heterocycles. The number of imide groups is 1. The number of nitrogens with one attached hydrogen (secondary N) is 2. The van der Waals surface area contributed by atoms with Crippen LogP contribution in [-0.2, 0) is 9.53 Å². The number of hydrogen-bond acceptors (Lipinski definition) is 6. The van der Waals surface area contributed by atoms with Gasteiger partial charge in [-0.1, -0.05) is 36.4 Å². The van der Waals surface area contributed by atoms with E-state index in [1.54, 1.807) is 68.4 Å². The number of rotatable bonds is 5. The van der Waals surface area contributed by atoms with Gasteiger partial charge in [-0.3, -0.25) is 14.9 Å². The molecule has 1 aromatic heterocycles. The number of fused-ring (bicyclic) bond motifs is 1. The Morgan fingerprint density at radius 1 is 1.00 bits per heavy atom. The molecule has 0 unspecified atom stereocenters. The summed E-state index contributed by atoms with van der Waals surface area (Å²) in [6.07, 6.45) is 0. The molecule has 2 aromatic carbocycles. The van der Waals surface area contributed by atoms with E-state index < -0.39 is 30.1 Å². The van der Waals surface area contributed by atoms with Crippen molar-refractivity contribution in [3.8, 4) is 5.69 Å². The highest BCUT2D eigenvalue weighted by Crippen LogP contribution is 2.16. The first kappa shape index (κ1) is 20.7. The van der Waals surface area contributed by atoms with Crippen molar-refractivity contribution in [1.29, 1.82) is 0 Å². The third-order valence-electron chi connectivity index (χ3n) is 4.01. The number of carbonyl (C=O) groups excluding carboxylic acids is 3. The van der Waals surface area contributed by atoms with E-state index in [1.807, 2.05) is 0 Å². The lowest BCUT2D eigenvalue weighted by molar-refractivity contribution is -0.123. The zero-order valence-corrected chi connectivity index (χ0v) is 16.4. The van der Waals surface area contributed by atoms with Crippen molar-refractivity contribution in [1.82, 2.24) is 20.4 Å². The summed E-state index contributed by atoms with van der Waals surface area (Å²) in [5.74, 6) is -1.68. The minimum atomic E-state index is -0.893. The van der Waals surface area contributed by atoms with Crippen LogP contribution in [0, 0.1) is 0 Å². The van der Waals surface area contributed by atoms with Crippen molar-refractivity contribution in [2.75, 3.05) is 6.61 Å². The van der Waals surface area contributed by atoms with Crippen LogP contribution in [0.5, 0.6) is 0 Å². The number of ether oxygens (including phenoxy) is 1. The SMILES string of the molecule is CC(C)NC(=O)NC(=O)COC(=O)c1nn(-c2ccccc2)c(=O)c2ccccc12. The largest absolute Gasteiger partial charge is 0.451 e. The van der Waals surface area contributed by atoms with Gasteiger partial charge in [-0.25, -0.2) is 9.59 Å². The van der Waals surface area contributed by atoms with Crippen LogP contribution < -0.4 is 16.2 Å². The van der Waals surface area contributed by atoms with Gasteiger partial charge in [-0.2, -0.15) is 9.78 Å². The van der Waals surface area contributed by atoms with E-state index in [0.29, 0.717) is 11.1 Å². The summed E-state index contributed by atoms with van der Waals surface area (Å²) in [5.41, 5.74) is -0.0321. The molecule has 0 radical (unpaired) electrons. The van der Waals surface area contributed by atoms with Gasteiger partial charge in [0.25, 0.3) is 11.5 Å². The summed E-state index contributed by atoms with van der Waals surface area (Å²) in [5, 5.41) is 9.30. The lowest BCUT2D eigenvalue weighted by Crippen LogP contribution is -2.44. The average Bonchev–Trinajstić information content (AvgIpc) is 2.72. The molecule has 0 aliphatic rings. The van der Waals surface area contributed by atoms with Gasteiger partial charge in [-0.15, -0.1) is 0 Å². The highest BCUT2D eigenvalue weighted by atomic mass is 16.5. The summed E-state index contributed by atoms with van der Waals surface area (Å²) >= 11 is 0. The lowest BCUT2D eigenvalue weighted by atomic mass is 10.1. The average molecular weight is 408 g/mol. The van der Waals surface area contributed by atoms with Gasteiger partial charge in [0.15, 0.2) is 12.3 Å². The highest BCUT2D eigenvalue weighted by molar-refractivity contribution is 6.03. The molecule has 3 aromatic rings. The van der Waals surface area contributed by atoms with Crippen molar-refractivity contribution < 1.29 is 19.1 Å². The normalized spacial score (nSPS) is 10.6. The summed E-state index contributed by atoms with van der Waals surface area (Å²) in [6.45, 7) is 2.80. The van der Waals surface area contributed by atoms with Gasteiger partial charge < -0.3 is 10.1 Å². The van der Waals surface area contributed by atoms with Crippen molar-refractivity contribution in [2.24, 2.45) is 0 Å². The molecule has 3 rings (SSSR count). The molecule has 3 amide bonds. The van der Waals surface area contributed by atoms with Crippen LogP contribution in [0.2, 0.25) is 0 Å². The minimum absolute atomic E-state index is 0.117. The van der Waals surface area contributed by atoms with E-state index >= 15 is 0 Å². The molecule has 0 bridgehead atoms. The molecular weight excluding hydrogens is 388 g/mol. The van der Waals surface area contributed by atoms with Gasteiger partial charge in [0.1, 0.15) is 0 Å². The Morgan fingerprint density at radius 3 is 2.30 bits per heavy atom. The van der Waals surface area contributed by atoms with E-state index in [9.17, 15) is 19.2 Å². The van der Waals surface area contributed by atoms with Crippen LogP contribution in [0.4, 0.5) is 4.79 Å². The number of hydrogen-bond donors (Lipinski definition) is 2. The maximum atomic E-state index is 12.8. The van der Waals surface area contributed by atoms with Crippen LogP contribution in [0.25, 0.3) is 16.5 Å². The van der Waals surface area contributed by atoms with Crippen LogP contribution in [0.15, 0.2) is 59.4 Å². The van der Waals surface area contributed by atoms with Crippen LogP contribution >= 0.6 is 0 Å². The number of nitrogens with zero attached hydrogens (tertiary/aromatic N) is 2. The predicted octanol–water partition coefficient (Wildman–Crippen LogP) is 1.78. The fourth-order valence-electron chi connectivity index (χ4n) is 2.74. The van der Waals surface area contributed by atoms with Crippen LogP contribution in [0.3, 0.4) is 0 Å². The molecule has 0 spiro atoms. The summed E-state index contributed by atoms with van der Waals surface area (Å²) in [4.78, 5) is 48.9. The molecule has 154 valence electrons. The third kappa shape index (κ3) is 4.69. The number of carbonyl (C=O) groups is 3. The Kier molecular flexibility index (Phi) is 6.21. The number of amides is 3. The van der Waals surface area contributed by atoms with Gasteiger partial charge in [-0.05, 0) is 32.0 Å². The second kappa shape index (κ2) is 8.99. The fraction of sp³-hybridized carbons (Fsp3) is 0.190. The van der Waals surface area contributed by atoms with Crippen LogP contribution in [-0.4, -0.2) is 40.3 Å².